The number of ether oxygens (including phenoxy) is 1. The highest BCUT2D eigenvalue weighted by molar-refractivity contribution is 5.78. The Hall–Kier alpha value is -1.65. The maximum atomic E-state index is 12.1. The highest BCUT2D eigenvalue weighted by Gasteiger charge is 2.33. The lowest BCUT2D eigenvalue weighted by atomic mass is 10.0. The van der Waals surface area contributed by atoms with Crippen molar-refractivity contribution in [3.63, 3.8) is 0 Å². The minimum atomic E-state index is -0.577. The van der Waals surface area contributed by atoms with Crippen LogP contribution in [0.1, 0.15) is 30.7 Å². The van der Waals surface area contributed by atoms with E-state index in [1.165, 1.54) is 6.42 Å². The molecule has 0 spiro atoms. The molecule has 1 heterocycles. The molecule has 3 unspecified atom stereocenters. The van der Waals surface area contributed by atoms with Gasteiger partial charge in [-0.1, -0.05) is 42.5 Å². The number of rotatable bonds is 7. The van der Waals surface area contributed by atoms with Crippen LogP contribution in [0.3, 0.4) is 0 Å². The zero-order valence-electron chi connectivity index (χ0n) is 13.4. The van der Waals surface area contributed by atoms with Crippen molar-refractivity contribution in [2.75, 3.05) is 26.3 Å². The molecule has 0 saturated carbocycles. The van der Waals surface area contributed by atoms with E-state index in [-0.39, 0.29) is 12.6 Å². The molecule has 1 aromatic carbocycles. The number of esters is 1. The number of nitrogens with zero attached hydrogens (tertiary/aromatic N) is 1. The van der Waals surface area contributed by atoms with Crippen molar-refractivity contribution in [3.8, 4) is 0 Å². The second-order valence-corrected chi connectivity index (χ2v) is 6.39. The Morgan fingerprint density at radius 1 is 1.35 bits per heavy atom. The predicted molar refractivity (Wildman–Crippen MR) is 89.1 cm³/mol. The van der Waals surface area contributed by atoms with Crippen molar-refractivity contribution in [2.45, 2.75) is 31.2 Å². The molecule has 1 N–H and O–H groups in total. The number of aliphatic hydroxyl groups excluding tert-OH is 1. The molecule has 0 radical (unpaired) electrons. The predicted octanol–water partition coefficient (Wildman–Crippen LogP) is 2.35. The number of fused-ring (bicyclic) bond motifs is 1. The standard InChI is InChI=1S/C19H25NO3/c21-14-17(15-6-2-1-3-7-15)19(22)23-13-5-11-20-12-10-16-8-4-9-18(16)20/h1-4,6-8,16-18,21H,5,9-14H2. The smallest absolute Gasteiger partial charge is 0.315 e. The van der Waals surface area contributed by atoms with Gasteiger partial charge in [-0.25, -0.2) is 0 Å². The van der Waals surface area contributed by atoms with Crippen LogP contribution in [-0.4, -0.2) is 48.3 Å². The zero-order valence-corrected chi connectivity index (χ0v) is 13.4. The van der Waals surface area contributed by atoms with E-state index in [0.29, 0.717) is 12.6 Å². The molecule has 3 rings (SSSR count). The molecule has 1 aliphatic heterocycles. The van der Waals surface area contributed by atoms with Crippen LogP contribution in [0.4, 0.5) is 0 Å². The second-order valence-electron chi connectivity index (χ2n) is 6.39. The van der Waals surface area contributed by atoms with Crippen molar-refractivity contribution in [1.29, 1.82) is 0 Å². The first-order chi connectivity index (χ1) is 11.3. The molecule has 0 amide bonds. The SMILES string of the molecule is O=C(OCCCN1CCC2C=CCC21)C(CO)c1ccccc1. The van der Waals surface area contributed by atoms with Crippen molar-refractivity contribution in [3.05, 3.63) is 48.0 Å². The zero-order chi connectivity index (χ0) is 16.1. The average molecular weight is 315 g/mol. The van der Waals surface area contributed by atoms with Crippen LogP contribution in [0.2, 0.25) is 0 Å². The van der Waals surface area contributed by atoms with Gasteiger partial charge in [0.1, 0.15) is 5.92 Å². The largest absolute Gasteiger partial charge is 0.465 e. The van der Waals surface area contributed by atoms with E-state index in [0.717, 1.165) is 37.4 Å². The molecule has 1 aliphatic carbocycles. The lowest BCUT2D eigenvalue weighted by Crippen LogP contribution is -2.32. The molecule has 0 bridgehead atoms. The third-order valence-corrected chi connectivity index (χ3v) is 4.98. The molecular weight excluding hydrogens is 290 g/mol. The molecule has 4 nitrogen and oxygen atoms in total. The molecule has 124 valence electrons. The summed E-state index contributed by atoms with van der Waals surface area (Å²) in [4.78, 5) is 14.7. The van der Waals surface area contributed by atoms with Gasteiger partial charge in [0.25, 0.3) is 0 Å². The monoisotopic (exact) mass is 315 g/mol. The quantitative estimate of drug-likeness (QED) is 0.477. The molecular formula is C19H25NO3. The molecule has 2 aliphatic rings. The van der Waals surface area contributed by atoms with Gasteiger partial charge >= 0.3 is 5.97 Å². The van der Waals surface area contributed by atoms with Crippen LogP contribution in [0, 0.1) is 5.92 Å². The van der Waals surface area contributed by atoms with Gasteiger partial charge in [0, 0.05) is 12.6 Å². The van der Waals surface area contributed by atoms with Crippen LogP contribution >= 0.6 is 0 Å². The minimum absolute atomic E-state index is 0.218. The van der Waals surface area contributed by atoms with Crippen molar-refractivity contribution >= 4 is 5.97 Å². The maximum Gasteiger partial charge on any atom is 0.315 e. The van der Waals surface area contributed by atoms with Crippen molar-refractivity contribution in [1.82, 2.24) is 4.90 Å². The van der Waals surface area contributed by atoms with E-state index in [2.05, 4.69) is 17.1 Å². The Balaban J connectivity index is 1.41. The van der Waals surface area contributed by atoms with Gasteiger partial charge < -0.3 is 9.84 Å². The number of likely N-dealkylation sites (tertiary alicyclic amines) is 1. The first-order valence-electron chi connectivity index (χ1n) is 8.52. The van der Waals surface area contributed by atoms with Crippen LogP contribution in [0.5, 0.6) is 0 Å². The van der Waals surface area contributed by atoms with E-state index < -0.39 is 5.92 Å². The van der Waals surface area contributed by atoms with E-state index in [1.807, 2.05) is 30.3 Å². The molecule has 0 aromatic heterocycles. The average Bonchev–Trinajstić information content (AvgIpc) is 3.17. The van der Waals surface area contributed by atoms with Gasteiger partial charge in [0.15, 0.2) is 0 Å². The topological polar surface area (TPSA) is 49.8 Å². The number of benzene rings is 1. The normalized spacial score (nSPS) is 24.6. The van der Waals surface area contributed by atoms with Gasteiger partial charge in [0.2, 0.25) is 0 Å². The van der Waals surface area contributed by atoms with Crippen molar-refractivity contribution < 1.29 is 14.6 Å². The Bertz CT molecular complexity index is 543. The third kappa shape index (κ3) is 3.82. The van der Waals surface area contributed by atoms with Gasteiger partial charge in [-0.2, -0.15) is 0 Å². The van der Waals surface area contributed by atoms with E-state index in [4.69, 9.17) is 4.74 Å². The number of aliphatic hydroxyl groups is 1. The number of hydrogen-bond donors (Lipinski definition) is 1. The number of carbonyl (C=O) groups is 1. The lowest BCUT2D eigenvalue weighted by Gasteiger charge is -2.23. The summed E-state index contributed by atoms with van der Waals surface area (Å²) in [5.74, 6) is -0.179. The van der Waals surface area contributed by atoms with E-state index >= 15 is 0 Å². The number of hydrogen-bond acceptors (Lipinski definition) is 4. The van der Waals surface area contributed by atoms with Crippen LogP contribution in [0.15, 0.2) is 42.5 Å². The van der Waals surface area contributed by atoms with Crippen molar-refractivity contribution in [2.24, 2.45) is 5.92 Å². The number of carbonyl (C=O) groups excluding carboxylic acids is 1. The molecule has 1 fully saturated rings. The summed E-state index contributed by atoms with van der Waals surface area (Å²) in [6, 6.07) is 9.99. The summed E-state index contributed by atoms with van der Waals surface area (Å²) >= 11 is 0. The summed E-state index contributed by atoms with van der Waals surface area (Å²) in [6.45, 7) is 2.33. The first kappa shape index (κ1) is 16.2. The molecule has 1 aromatic rings. The van der Waals surface area contributed by atoms with E-state index in [9.17, 15) is 9.90 Å². The molecule has 23 heavy (non-hydrogen) atoms. The fourth-order valence-corrected chi connectivity index (χ4v) is 3.71. The van der Waals surface area contributed by atoms with Crippen LogP contribution < -0.4 is 0 Å². The highest BCUT2D eigenvalue weighted by Crippen LogP contribution is 2.32. The van der Waals surface area contributed by atoms with Gasteiger partial charge in [-0.05, 0) is 37.3 Å². The van der Waals surface area contributed by atoms with Crippen LogP contribution in [-0.2, 0) is 9.53 Å². The summed E-state index contributed by atoms with van der Waals surface area (Å²) in [5, 5.41) is 9.47. The summed E-state index contributed by atoms with van der Waals surface area (Å²) in [5.41, 5.74) is 0.805. The van der Waals surface area contributed by atoms with Crippen LogP contribution in [0.25, 0.3) is 0 Å². The Morgan fingerprint density at radius 2 is 2.17 bits per heavy atom. The first-order valence-corrected chi connectivity index (χ1v) is 8.52. The molecule has 3 atom stereocenters. The second kappa shape index (κ2) is 7.75. The summed E-state index contributed by atoms with van der Waals surface area (Å²) in [6.07, 6.45) is 7.89. The maximum absolute atomic E-state index is 12.1. The van der Waals surface area contributed by atoms with Gasteiger partial charge in [0.05, 0.1) is 13.2 Å². The summed E-state index contributed by atoms with van der Waals surface area (Å²) in [7, 11) is 0. The van der Waals surface area contributed by atoms with Gasteiger partial charge in [-0.15, -0.1) is 0 Å². The Kier molecular flexibility index (Phi) is 5.47. The molecule has 4 heteroatoms. The fraction of sp³-hybridized carbons (Fsp3) is 0.526. The highest BCUT2D eigenvalue weighted by atomic mass is 16.5. The minimum Gasteiger partial charge on any atom is -0.465 e. The molecule has 1 saturated heterocycles. The third-order valence-electron chi connectivity index (χ3n) is 4.98. The fourth-order valence-electron chi connectivity index (χ4n) is 3.71. The summed E-state index contributed by atoms with van der Waals surface area (Å²) < 4.78 is 5.38. The Morgan fingerprint density at radius 3 is 2.96 bits per heavy atom. The lowest BCUT2D eigenvalue weighted by molar-refractivity contribution is -0.146. The van der Waals surface area contributed by atoms with E-state index in [1.54, 1.807) is 0 Å². The van der Waals surface area contributed by atoms with Gasteiger partial charge in [-0.3, -0.25) is 9.69 Å². The Labute approximate surface area is 137 Å².